The maximum atomic E-state index is 9.93. The average molecular weight is 267 g/mol. The molecule has 0 spiro atoms. The molecule has 0 saturated carbocycles. The summed E-state index contributed by atoms with van der Waals surface area (Å²) in [7, 11) is 0. The number of ketones is 1. The molecule has 0 rings (SSSR count). The van der Waals surface area contributed by atoms with Gasteiger partial charge in [-0.25, -0.2) is 0 Å². The number of hydrogen-bond acceptors (Lipinski definition) is 1. The van der Waals surface area contributed by atoms with E-state index in [-0.39, 0.29) is 26.8 Å². The second-order valence-corrected chi connectivity index (χ2v) is 1.04. The van der Waals surface area contributed by atoms with Crippen molar-refractivity contribution in [3.8, 4) is 0 Å². The molecule has 0 aliphatic carbocycles. The van der Waals surface area contributed by atoms with E-state index < -0.39 is 0 Å². The first-order chi connectivity index (χ1) is 2.77. The van der Waals surface area contributed by atoms with Crippen LogP contribution in [0.15, 0.2) is 6.08 Å². The summed E-state index contributed by atoms with van der Waals surface area (Å²) in [6.07, 6.45) is 4.00. The molecule has 7 heavy (non-hydrogen) atoms. The second kappa shape index (κ2) is 6.10. The van der Waals surface area contributed by atoms with Crippen LogP contribution in [-0.4, -0.2) is 5.78 Å². The van der Waals surface area contributed by atoms with Crippen LogP contribution in [0, 0.1) is 6.08 Å². The SMILES string of the molecule is C[C-]=CC(C)=O.[W]. The van der Waals surface area contributed by atoms with Gasteiger partial charge in [0, 0.05) is 21.1 Å². The fourth-order valence-electron chi connectivity index (χ4n) is 0.203. The van der Waals surface area contributed by atoms with Crippen molar-refractivity contribution in [3.63, 3.8) is 0 Å². The molecule has 0 aromatic heterocycles. The normalized spacial score (nSPS) is 8.29. The van der Waals surface area contributed by atoms with E-state index >= 15 is 0 Å². The molecule has 0 saturated heterocycles. The molecule has 0 N–H and O–H groups in total. The smallest absolute Gasteiger partial charge is 0 e. The number of hydrogen-bond donors (Lipinski definition) is 0. The van der Waals surface area contributed by atoms with Gasteiger partial charge in [-0.2, -0.15) is 6.08 Å². The number of carbonyl (C=O) groups excluding carboxylic acids is 1. The predicted molar refractivity (Wildman–Crippen MR) is 24.2 cm³/mol. The fraction of sp³-hybridized carbons (Fsp3) is 0.400. The van der Waals surface area contributed by atoms with E-state index in [0.717, 1.165) is 0 Å². The molecule has 0 atom stereocenters. The molecular formula is C5H7OW-. The maximum absolute atomic E-state index is 9.93. The monoisotopic (exact) mass is 267 g/mol. The maximum Gasteiger partial charge on any atom is 0 e. The van der Waals surface area contributed by atoms with Crippen LogP contribution in [0.5, 0.6) is 0 Å². The third kappa shape index (κ3) is 10.7. The van der Waals surface area contributed by atoms with Crippen LogP contribution in [0.4, 0.5) is 0 Å². The van der Waals surface area contributed by atoms with E-state index in [9.17, 15) is 4.79 Å². The minimum absolute atomic E-state index is 0. The van der Waals surface area contributed by atoms with Crippen LogP contribution < -0.4 is 0 Å². The van der Waals surface area contributed by atoms with E-state index in [2.05, 4.69) is 6.08 Å². The van der Waals surface area contributed by atoms with E-state index in [1.54, 1.807) is 6.92 Å². The Morgan fingerprint density at radius 3 is 2.14 bits per heavy atom. The predicted octanol–water partition coefficient (Wildman–Crippen LogP) is 0.952. The Balaban J connectivity index is 0. The van der Waals surface area contributed by atoms with Crippen LogP contribution in [-0.2, 0) is 25.9 Å². The Hall–Kier alpha value is 0.0983. The van der Waals surface area contributed by atoms with E-state index in [1.165, 1.54) is 13.0 Å². The van der Waals surface area contributed by atoms with E-state index in [1.807, 2.05) is 0 Å². The Bertz CT molecular complexity index is 76.1. The molecule has 40 valence electrons. The summed E-state index contributed by atoms with van der Waals surface area (Å²) >= 11 is 0. The summed E-state index contributed by atoms with van der Waals surface area (Å²) < 4.78 is 0. The zero-order chi connectivity index (χ0) is 4.99. The van der Waals surface area contributed by atoms with Crippen LogP contribution in [0.2, 0.25) is 0 Å². The molecule has 0 radical (unpaired) electrons. The number of rotatable bonds is 1. The summed E-state index contributed by atoms with van der Waals surface area (Å²) in [5.41, 5.74) is 0. The minimum atomic E-state index is 0. The van der Waals surface area contributed by atoms with Gasteiger partial charge in [0.05, 0.1) is 0 Å². The summed E-state index contributed by atoms with van der Waals surface area (Å²) in [6.45, 7) is 3.19. The standard InChI is InChI=1S/C5H7O.W/c1-3-4-5(2)6;/h4H,1-2H3;/q-1;. The summed E-state index contributed by atoms with van der Waals surface area (Å²) in [6, 6.07) is 0. The first-order valence-corrected chi connectivity index (χ1v) is 1.78. The molecule has 1 nitrogen and oxygen atoms in total. The second-order valence-electron chi connectivity index (χ2n) is 1.04. The number of allylic oxidation sites excluding steroid dienone is 2. The van der Waals surface area contributed by atoms with Gasteiger partial charge in [0.1, 0.15) is 0 Å². The molecule has 0 bridgehead atoms. The largest absolute Gasteiger partial charge is 0.407 e. The van der Waals surface area contributed by atoms with E-state index in [0.29, 0.717) is 0 Å². The molecule has 0 aromatic carbocycles. The topological polar surface area (TPSA) is 17.1 Å². The zero-order valence-corrected chi connectivity index (χ0v) is 7.33. The van der Waals surface area contributed by atoms with Crippen molar-refractivity contribution in [3.05, 3.63) is 12.2 Å². The van der Waals surface area contributed by atoms with Crippen LogP contribution in [0.1, 0.15) is 13.8 Å². The van der Waals surface area contributed by atoms with Crippen LogP contribution in [0.25, 0.3) is 0 Å². The molecule has 0 heterocycles. The van der Waals surface area contributed by atoms with Crippen LogP contribution >= 0.6 is 0 Å². The molecule has 0 aliphatic heterocycles. The van der Waals surface area contributed by atoms with Crippen LogP contribution in [0.3, 0.4) is 0 Å². The molecule has 0 aromatic rings. The summed E-state index contributed by atoms with van der Waals surface area (Å²) in [5.74, 6) is 0.0532. The molecule has 2 heteroatoms. The van der Waals surface area contributed by atoms with Crippen molar-refractivity contribution in [1.82, 2.24) is 0 Å². The Labute approximate surface area is 58.1 Å². The average Bonchev–Trinajstić information content (AvgIpc) is 1.35. The Morgan fingerprint density at radius 1 is 1.71 bits per heavy atom. The van der Waals surface area contributed by atoms with Crippen molar-refractivity contribution in [2.24, 2.45) is 0 Å². The van der Waals surface area contributed by atoms with Gasteiger partial charge in [-0.1, -0.05) is 6.92 Å². The Kier molecular flexibility index (Phi) is 8.85. The van der Waals surface area contributed by atoms with Gasteiger partial charge < -0.3 is 4.79 Å². The Morgan fingerprint density at radius 2 is 2.14 bits per heavy atom. The molecular weight excluding hydrogens is 260 g/mol. The van der Waals surface area contributed by atoms with Gasteiger partial charge in [-0.15, -0.1) is 6.92 Å². The van der Waals surface area contributed by atoms with Gasteiger partial charge in [-0.05, 0) is 5.78 Å². The first kappa shape index (κ1) is 10.2. The molecule has 0 fully saturated rings. The minimum Gasteiger partial charge on any atom is -0.407 e. The van der Waals surface area contributed by atoms with Gasteiger partial charge in [0.2, 0.25) is 0 Å². The van der Waals surface area contributed by atoms with Crippen molar-refractivity contribution in [1.29, 1.82) is 0 Å². The van der Waals surface area contributed by atoms with Gasteiger partial charge in [0.25, 0.3) is 0 Å². The zero-order valence-electron chi connectivity index (χ0n) is 4.39. The quantitative estimate of drug-likeness (QED) is 0.510. The summed E-state index contributed by atoms with van der Waals surface area (Å²) in [5, 5.41) is 0. The van der Waals surface area contributed by atoms with Crippen molar-refractivity contribution < 1.29 is 25.9 Å². The third-order valence-corrected chi connectivity index (χ3v) is 0.348. The van der Waals surface area contributed by atoms with Gasteiger partial charge in [0.15, 0.2) is 0 Å². The van der Waals surface area contributed by atoms with Gasteiger partial charge in [-0.3, -0.25) is 6.08 Å². The van der Waals surface area contributed by atoms with E-state index in [4.69, 9.17) is 0 Å². The van der Waals surface area contributed by atoms with Crippen molar-refractivity contribution in [2.45, 2.75) is 13.8 Å². The fourth-order valence-corrected chi connectivity index (χ4v) is 0.203. The first-order valence-electron chi connectivity index (χ1n) is 1.78. The molecule has 0 amide bonds. The molecule has 0 aliphatic rings. The molecule has 0 unspecified atom stereocenters. The number of carbonyl (C=O) groups is 1. The van der Waals surface area contributed by atoms with Gasteiger partial charge >= 0.3 is 0 Å². The third-order valence-electron chi connectivity index (χ3n) is 0.348. The van der Waals surface area contributed by atoms with Crippen molar-refractivity contribution >= 4 is 5.78 Å². The summed E-state index contributed by atoms with van der Waals surface area (Å²) in [4.78, 5) is 9.93. The van der Waals surface area contributed by atoms with Crippen molar-refractivity contribution in [2.75, 3.05) is 0 Å².